The number of rotatable bonds is 5. The van der Waals surface area contributed by atoms with Crippen molar-refractivity contribution in [3.05, 3.63) is 35.9 Å². The lowest BCUT2D eigenvalue weighted by molar-refractivity contribution is -0.152. The van der Waals surface area contributed by atoms with Crippen molar-refractivity contribution in [3.8, 4) is 0 Å². The van der Waals surface area contributed by atoms with Crippen LogP contribution < -0.4 is 5.73 Å². The topological polar surface area (TPSA) is 111 Å². The van der Waals surface area contributed by atoms with Crippen molar-refractivity contribution in [2.75, 3.05) is 13.7 Å². The lowest BCUT2D eigenvalue weighted by atomic mass is 10.1. The zero-order valence-corrected chi connectivity index (χ0v) is 12.5. The Bertz CT molecular complexity index is 739. The van der Waals surface area contributed by atoms with Gasteiger partial charge in [0.25, 0.3) is 5.85 Å². The lowest BCUT2D eigenvalue weighted by Gasteiger charge is -2.29. The number of methoxy groups -OCH3 is 1. The number of fused-ring (bicyclic) bond motifs is 1. The number of amidine groups is 2. The van der Waals surface area contributed by atoms with E-state index < -0.39 is 11.8 Å². The number of carbonyl (C=O) groups excluding carboxylic acids is 1. The maximum Gasteiger partial charge on any atom is 0.331 e. The van der Waals surface area contributed by atoms with Crippen LogP contribution in [-0.2, 0) is 20.7 Å². The van der Waals surface area contributed by atoms with Gasteiger partial charge < -0.3 is 15.2 Å². The van der Waals surface area contributed by atoms with Gasteiger partial charge in [0, 0.05) is 6.42 Å². The summed E-state index contributed by atoms with van der Waals surface area (Å²) in [6.45, 7) is -0.299. The molecule has 2 heterocycles. The number of nitrogens with two attached hydrogens (primary N) is 1. The molecule has 8 nitrogen and oxygen atoms in total. The molecule has 1 unspecified atom stereocenters. The van der Waals surface area contributed by atoms with Crippen LogP contribution >= 0.6 is 0 Å². The molecule has 0 amide bonds. The minimum atomic E-state index is -1.37. The van der Waals surface area contributed by atoms with Gasteiger partial charge in [-0.05, 0) is 5.56 Å². The van der Waals surface area contributed by atoms with Gasteiger partial charge in [-0.3, -0.25) is 0 Å². The quantitative estimate of drug-likeness (QED) is 0.789. The molecule has 2 aliphatic rings. The molecule has 0 spiro atoms. The van der Waals surface area contributed by atoms with Gasteiger partial charge >= 0.3 is 5.97 Å². The van der Waals surface area contributed by atoms with Crippen LogP contribution in [0.1, 0.15) is 5.56 Å². The molecule has 0 saturated carbocycles. The summed E-state index contributed by atoms with van der Waals surface area (Å²) in [6, 6.07) is 9.52. The summed E-state index contributed by atoms with van der Waals surface area (Å²) in [6.07, 6.45) is 1.66. The molecule has 8 heteroatoms. The second-order valence-electron chi connectivity index (χ2n) is 4.93. The van der Waals surface area contributed by atoms with Crippen molar-refractivity contribution in [2.24, 2.45) is 25.7 Å². The van der Waals surface area contributed by atoms with Crippen molar-refractivity contribution in [1.29, 1.82) is 0 Å². The van der Waals surface area contributed by atoms with Crippen LogP contribution in [0.2, 0.25) is 0 Å². The summed E-state index contributed by atoms with van der Waals surface area (Å²) < 4.78 is 10.3. The van der Waals surface area contributed by atoms with E-state index in [0.717, 1.165) is 5.56 Å². The van der Waals surface area contributed by atoms with Gasteiger partial charge in [0.05, 0.1) is 7.11 Å². The molecule has 3 rings (SSSR count). The first-order valence-electron chi connectivity index (χ1n) is 6.93. The first-order chi connectivity index (χ1) is 11.1. The standard InChI is InChI=1S/C15H15N5O3/c1-22-11(21)8-23-15(7-10-5-3-2-4-6-10)19-13(16)12-14(20-15)18-9-17-12/h2-6,9H,7-8H2,1H3,(H2,16,19). The van der Waals surface area contributed by atoms with E-state index in [-0.39, 0.29) is 12.4 Å². The number of ether oxygens (including phenoxy) is 2. The highest BCUT2D eigenvalue weighted by Gasteiger charge is 2.38. The van der Waals surface area contributed by atoms with E-state index in [9.17, 15) is 4.79 Å². The van der Waals surface area contributed by atoms with Gasteiger partial charge in [0.15, 0.2) is 17.4 Å². The Balaban J connectivity index is 1.94. The predicted octanol–water partition coefficient (Wildman–Crippen LogP) is 0.325. The van der Waals surface area contributed by atoms with Crippen LogP contribution in [-0.4, -0.2) is 49.3 Å². The Morgan fingerprint density at radius 3 is 2.78 bits per heavy atom. The Hall–Kier alpha value is -2.87. The molecule has 2 aliphatic heterocycles. The molecule has 23 heavy (non-hydrogen) atoms. The largest absolute Gasteiger partial charge is 0.467 e. The molecule has 0 aromatic heterocycles. The third-order valence-electron chi connectivity index (χ3n) is 3.32. The van der Waals surface area contributed by atoms with Crippen molar-refractivity contribution in [2.45, 2.75) is 12.3 Å². The summed E-state index contributed by atoms with van der Waals surface area (Å²) >= 11 is 0. The molecule has 118 valence electrons. The van der Waals surface area contributed by atoms with Gasteiger partial charge in [0.2, 0.25) is 0 Å². The second kappa shape index (κ2) is 6.09. The monoisotopic (exact) mass is 313 g/mol. The van der Waals surface area contributed by atoms with Crippen molar-refractivity contribution < 1.29 is 14.3 Å². The fourth-order valence-corrected chi connectivity index (χ4v) is 2.24. The fraction of sp³-hybridized carbons (Fsp3) is 0.267. The van der Waals surface area contributed by atoms with Gasteiger partial charge in [-0.15, -0.1) is 0 Å². The molecule has 1 aromatic rings. The summed E-state index contributed by atoms with van der Waals surface area (Å²) in [5.74, 6) is -1.37. The Labute approximate surface area is 132 Å². The summed E-state index contributed by atoms with van der Waals surface area (Å²) in [4.78, 5) is 28.2. The molecule has 0 aliphatic carbocycles. The Morgan fingerprint density at radius 1 is 1.26 bits per heavy atom. The average Bonchev–Trinajstić information content (AvgIpc) is 3.02. The Kier molecular flexibility index (Phi) is 3.98. The summed E-state index contributed by atoms with van der Waals surface area (Å²) in [5.41, 5.74) is 7.29. The third-order valence-corrected chi connectivity index (χ3v) is 3.32. The normalized spacial score (nSPS) is 22.0. The van der Waals surface area contributed by atoms with Gasteiger partial charge in [-0.25, -0.2) is 24.8 Å². The van der Waals surface area contributed by atoms with E-state index >= 15 is 0 Å². The number of hydrogen-bond acceptors (Lipinski definition) is 8. The van der Waals surface area contributed by atoms with Gasteiger partial charge in [0.1, 0.15) is 12.9 Å². The third kappa shape index (κ3) is 3.16. The highest BCUT2D eigenvalue weighted by Crippen LogP contribution is 2.26. The van der Waals surface area contributed by atoms with E-state index in [1.807, 2.05) is 30.3 Å². The van der Waals surface area contributed by atoms with Crippen molar-refractivity contribution in [3.63, 3.8) is 0 Å². The number of aliphatic imine (C=N–C) groups is 4. The highest BCUT2D eigenvalue weighted by molar-refractivity contribution is 6.70. The molecule has 1 aromatic carbocycles. The maximum absolute atomic E-state index is 11.4. The highest BCUT2D eigenvalue weighted by atomic mass is 16.6. The summed E-state index contributed by atoms with van der Waals surface area (Å²) in [5, 5.41) is 0. The van der Waals surface area contributed by atoms with Gasteiger partial charge in [-0.2, -0.15) is 0 Å². The van der Waals surface area contributed by atoms with Gasteiger partial charge in [-0.1, -0.05) is 30.3 Å². The SMILES string of the molecule is COC(=O)COC1(Cc2ccccc2)N=C(N)C2=NC=NC2=N1. The van der Waals surface area contributed by atoms with Crippen molar-refractivity contribution in [1.82, 2.24) is 0 Å². The molecular formula is C15H15N5O3. The minimum absolute atomic E-state index is 0.174. The fourth-order valence-electron chi connectivity index (χ4n) is 2.24. The minimum Gasteiger partial charge on any atom is -0.467 e. The van der Waals surface area contributed by atoms with Crippen LogP contribution in [0.15, 0.2) is 50.3 Å². The molecule has 0 saturated heterocycles. The van der Waals surface area contributed by atoms with Crippen LogP contribution in [0.4, 0.5) is 0 Å². The van der Waals surface area contributed by atoms with E-state index in [1.165, 1.54) is 13.4 Å². The summed E-state index contributed by atoms with van der Waals surface area (Å²) in [7, 11) is 1.28. The number of esters is 1. The van der Waals surface area contributed by atoms with E-state index in [1.54, 1.807) is 0 Å². The van der Waals surface area contributed by atoms with Crippen LogP contribution in [0.5, 0.6) is 0 Å². The molecule has 2 N–H and O–H groups in total. The average molecular weight is 313 g/mol. The maximum atomic E-state index is 11.4. The van der Waals surface area contributed by atoms with Crippen LogP contribution in [0, 0.1) is 0 Å². The first-order valence-corrected chi connectivity index (χ1v) is 6.93. The molecular weight excluding hydrogens is 298 g/mol. The molecule has 0 radical (unpaired) electrons. The number of carbonyl (C=O) groups is 1. The zero-order chi connectivity index (χ0) is 16.3. The first kappa shape index (κ1) is 15.0. The second-order valence-corrected chi connectivity index (χ2v) is 4.93. The van der Waals surface area contributed by atoms with E-state index in [4.69, 9.17) is 10.5 Å². The van der Waals surface area contributed by atoms with Crippen LogP contribution in [0.3, 0.4) is 0 Å². The smallest absolute Gasteiger partial charge is 0.331 e. The van der Waals surface area contributed by atoms with Crippen LogP contribution in [0.25, 0.3) is 0 Å². The Morgan fingerprint density at radius 2 is 2.04 bits per heavy atom. The van der Waals surface area contributed by atoms with Crippen molar-refractivity contribution >= 4 is 29.7 Å². The number of benzene rings is 1. The number of nitrogens with zero attached hydrogens (tertiary/aromatic N) is 4. The molecule has 1 atom stereocenters. The van der Waals surface area contributed by atoms with E-state index in [0.29, 0.717) is 18.0 Å². The molecule has 0 bridgehead atoms. The predicted molar refractivity (Wildman–Crippen MR) is 85.8 cm³/mol. The number of hydrogen-bond donors (Lipinski definition) is 1. The zero-order valence-electron chi connectivity index (χ0n) is 12.5. The molecule has 0 fully saturated rings. The van der Waals surface area contributed by atoms with E-state index in [2.05, 4.69) is 24.7 Å². The lowest BCUT2D eigenvalue weighted by Crippen LogP contribution is -2.44.